The summed E-state index contributed by atoms with van der Waals surface area (Å²) >= 11 is 0. The molecule has 0 radical (unpaired) electrons. The van der Waals surface area contributed by atoms with E-state index in [-0.39, 0.29) is 16.6 Å². The number of anilines is 1. The van der Waals surface area contributed by atoms with Crippen LogP contribution in [-0.2, 0) is 10.0 Å². The molecule has 0 aliphatic carbocycles. The van der Waals surface area contributed by atoms with Gasteiger partial charge >= 0.3 is 0 Å². The van der Waals surface area contributed by atoms with Crippen LogP contribution in [0.3, 0.4) is 0 Å². The van der Waals surface area contributed by atoms with Gasteiger partial charge in [-0.05, 0) is 38.0 Å². The number of H-pyrrole nitrogens is 1. The fourth-order valence-corrected chi connectivity index (χ4v) is 5.20. The smallest absolute Gasteiger partial charge is 0.293 e. The second kappa shape index (κ2) is 8.04. The van der Waals surface area contributed by atoms with Crippen LogP contribution in [0.4, 0.5) is 5.69 Å². The van der Waals surface area contributed by atoms with E-state index in [4.69, 9.17) is 4.42 Å². The van der Waals surface area contributed by atoms with Crippen LogP contribution in [0.25, 0.3) is 0 Å². The Morgan fingerprint density at radius 1 is 1.27 bits per heavy atom. The molecule has 4 rings (SSSR count). The molecule has 10 heteroatoms. The number of aromatic amines is 1. The van der Waals surface area contributed by atoms with Crippen LogP contribution >= 0.6 is 0 Å². The van der Waals surface area contributed by atoms with Gasteiger partial charge in [-0.15, -0.1) is 0 Å². The number of rotatable bonds is 5. The van der Waals surface area contributed by atoms with Crippen LogP contribution in [0.15, 0.2) is 46.0 Å². The molecular formula is C20H23N5O4S. The molecule has 30 heavy (non-hydrogen) atoms. The summed E-state index contributed by atoms with van der Waals surface area (Å²) in [5, 5.41) is 2.69. The van der Waals surface area contributed by atoms with E-state index >= 15 is 0 Å². The number of oxazole rings is 1. The summed E-state index contributed by atoms with van der Waals surface area (Å²) in [6.45, 7) is 4.17. The number of nitrogens with zero attached hydrogens (tertiary/aromatic N) is 3. The maximum atomic E-state index is 13.1. The van der Waals surface area contributed by atoms with Crippen molar-refractivity contribution in [2.45, 2.75) is 37.5 Å². The van der Waals surface area contributed by atoms with Gasteiger partial charge in [0.05, 0.1) is 10.6 Å². The number of aromatic nitrogens is 3. The minimum absolute atomic E-state index is 0.112. The Morgan fingerprint density at radius 3 is 2.67 bits per heavy atom. The minimum atomic E-state index is -3.67. The first kappa shape index (κ1) is 20.3. The highest BCUT2D eigenvalue weighted by atomic mass is 32.2. The van der Waals surface area contributed by atoms with Crippen molar-refractivity contribution in [3.05, 3.63) is 59.8 Å². The first-order valence-electron chi connectivity index (χ1n) is 9.69. The molecule has 1 aliphatic rings. The number of piperidine rings is 1. The van der Waals surface area contributed by atoms with Crippen molar-refractivity contribution < 1.29 is 17.6 Å². The third-order valence-electron chi connectivity index (χ3n) is 5.20. The second-order valence-electron chi connectivity index (χ2n) is 7.28. The standard InChI is InChI=1S/C20H23N5O4S/c1-13-18(29-14(2)23-13)20(26)24-16-4-3-5-17(12-16)30(27,28)25-10-6-15(7-11-25)19-21-8-9-22-19/h3-5,8-9,12,15H,6-7,10-11H2,1-2H3,(H,21,22)(H,24,26). The molecule has 1 saturated heterocycles. The van der Waals surface area contributed by atoms with Gasteiger partial charge in [0.25, 0.3) is 5.91 Å². The van der Waals surface area contributed by atoms with E-state index in [1.807, 2.05) is 0 Å². The molecule has 2 N–H and O–H groups in total. The quantitative estimate of drug-likeness (QED) is 0.643. The zero-order valence-electron chi connectivity index (χ0n) is 16.8. The fourth-order valence-electron chi connectivity index (χ4n) is 3.68. The normalized spacial score (nSPS) is 15.9. The Kier molecular flexibility index (Phi) is 5.44. The summed E-state index contributed by atoms with van der Waals surface area (Å²) in [5.41, 5.74) is 0.855. The molecule has 158 valence electrons. The third-order valence-corrected chi connectivity index (χ3v) is 7.09. The van der Waals surface area contributed by atoms with Gasteiger partial charge in [-0.2, -0.15) is 4.31 Å². The molecule has 0 bridgehead atoms. The molecule has 1 aliphatic heterocycles. The first-order valence-corrected chi connectivity index (χ1v) is 11.1. The van der Waals surface area contributed by atoms with Crippen LogP contribution < -0.4 is 5.32 Å². The molecule has 3 heterocycles. The number of nitrogens with one attached hydrogen (secondary N) is 2. The van der Waals surface area contributed by atoms with Gasteiger partial charge in [0.1, 0.15) is 5.82 Å². The predicted molar refractivity (Wildman–Crippen MR) is 110 cm³/mol. The van der Waals surface area contributed by atoms with E-state index in [1.165, 1.54) is 16.4 Å². The van der Waals surface area contributed by atoms with Crippen molar-refractivity contribution in [2.24, 2.45) is 0 Å². The van der Waals surface area contributed by atoms with E-state index in [0.717, 1.165) is 5.82 Å². The molecule has 1 aromatic carbocycles. The van der Waals surface area contributed by atoms with Crippen LogP contribution in [0, 0.1) is 13.8 Å². The van der Waals surface area contributed by atoms with Gasteiger partial charge in [0, 0.05) is 44.0 Å². The molecule has 3 aromatic rings. The van der Waals surface area contributed by atoms with Gasteiger partial charge in [0.15, 0.2) is 5.89 Å². The zero-order chi connectivity index (χ0) is 21.3. The lowest BCUT2D eigenvalue weighted by atomic mass is 9.98. The monoisotopic (exact) mass is 429 g/mol. The van der Waals surface area contributed by atoms with Crippen molar-refractivity contribution in [1.29, 1.82) is 0 Å². The molecule has 1 fully saturated rings. The highest BCUT2D eigenvalue weighted by Gasteiger charge is 2.31. The second-order valence-corrected chi connectivity index (χ2v) is 9.22. The topological polar surface area (TPSA) is 121 Å². The molecular weight excluding hydrogens is 406 g/mol. The predicted octanol–water partition coefficient (Wildman–Crippen LogP) is 2.84. The maximum Gasteiger partial charge on any atom is 0.293 e. The average molecular weight is 430 g/mol. The van der Waals surface area contributed by atoms with E-state index in [1.54, 1.807) is 38.4 Å². The Bertz CT molecular complexity index is 1150. The summed E-state index contributed by atoms with van der Waals surface area (Å²) in [6.07, 6.45) is 4.89. The Hall–Kier alpha value is -2.98. The van der Waals surface area contributed by atoms with Crippen LogP contribution in [0.1, 0.15) is 46.7 Å². The Labute approximate surface area is 174 Å². The lowest BCUT2D eigenvalue weighted by molar-refractivity contribution is 0.0994. The Morgan fingerprint density at radius 2 is 2.03 bits per heavy atom. The van der Waals surface area contributed by atoms with Gasteiger partial charge in [-0.25, -0.2) is 18.4 Å². The number of carbonyl (C=O) groups excluding carboxylic acids is 1. The lowest BCUT2D eigenvalue weighted by Gasteiger charge is -2.30. The summed E-state index contributed by atoms with van der Waals surface area (Å²) in [7, 11) is -3.67. The van der Waals surface area contributed by atoms with Gasteiger partial charge in [-0.3, -0.25) is 4.79 Å². The van der Waals surface area contributed by atoms with E-state index in [0.29, 0.717) is 43.2 Å². The highest BCUT2D eigenvalue weighted by molar-refractivity contribution is 7.89. The molecule has 2 aromatic heterocycles. The fraction of sp³-hybridized carbons (Fsp3) is 0.350. The molecule has 0 saturated carbocycles. The Balaban J connectivity index is 1.47. The average Bonchev–Trinajstić information content (AvgIpc) is 3.38. The summed E-state index contributed by atoms with van der Waals surface area (Å²) in [6, 6.07) is 6.24. The van der Waals surface area contributed by atoms with Crippen molar-refractivity contribution >= 4 is 21.6 Å². The minimum Gasteiger partial charge on any atom is -0.436 e. The number of aryl methyl sites for hydroxylation is 2. The lowest BCUT2D eigenvalue weighted by Crippen LogP contribution is -2.38. The number of sulfonamides is 1. The van der Waals surface area contributed by atoms with Crippen LogP contribution in [0.5, 0.6) is 0 Å². The summed E-state index contributed by atoms with van der Waals surface area (Å²) in [5.74, 6) is 1.16. The van der Waals surface area contributed by atoms with E-state index in [2.05, 4.69) is 20.3 Å². The van der Waals surface area contributed by atoms with E-state index < -0.39 is 15.9 Å². The van der Waals surface area contributed by atoms with Crippen LogP contribution in [0.2, 0.25) is 0 Å². The number of hydrogen-bond acceptors (Lipinski definition) is 6. The van der Waals surface area contributed by atoms with Crippen molar-refractivity contribution in [1.82, 2.24) is 19.3 Å². The highest BCUT2D eigenvalue weighted by Crippen LogP contribution is 2.29. The van der Waals surface area contributed by atoms with Gasteiger partial charge in [0.2, 0.25) is 15.8 Å². The van der Waals surface area contributed by atoms with Gasteiger partial charge < -0.3 is 14.7 Å². The zero-order valence-corrected chi connectivity index (χ0v) is 17.6. The molecule has 0 unspecified atom stereocenters. The molecule has 1 amide bonds. The van der Waals surface area contributed by atoms with Gasteiger partial charge in [-0.1, -0.05) is 6.07 Å². The molecule has 0 spiro atoms. The van der Waals surface area contributed by atoms with Crippen molar-refractivity contribution in [2.75, 3.05) is 18.4 Å². The molecule has 9 nitrogen and oxygen atoms in total. The van der Waals surface area contributed by atoms with Crippen molar-refractivity contribution in [3.8, 4) is 0 Å². The number of benzene rings is 1. The first-order chi connectivity index (χ1) is 14.3. The van der Waals surface area contributed by atoms with Crippen LogP contribution in [-0.4, -0.2) is 46.7 Å². The molecule has 0 atom stereocenters. The SMILES string of the molecule is Cc1nc(C)c(C(=O)Nc2cccc(S(=O)(=O)N3CCC(c4ncc[nH]4)CC3)c2)o1. The number of hydrogen-bond donors (Lipinski definition) is 2. The third kappa shape index (κ3) is 4.01. The summed E-state index contributed by atoms with van der Waals surface area (Å²) in [4.78, 5) is 24.1. The number of carbonyl (C=O) groups is 1. The van der Waals surface area contributed by atoms with E-state index in [9.17, 15) is 13.2 Å². The number of imidazole rings is 1. The largest absolute Gasteiger partial charge is 0.436 e. The number of amides is 1. The maximum absolute atomic E-state index is 13.1. The van der Waals surface area contributed by atoms with Crippen molar-refractivity contribution in [3.63, 3.8) is 0 Å². The summed E-state index contributed by atoms with van der Waals surface area (Å²) < 4.78 is 33.0.